The fraction of sp³-hybridized carbons (Fsp3) is 0.591. The molecule has 1 aliphatic carbocycles. The summed E-state index contributed by atoms with van der Waals surface area (Å²) in [6.45, 7) is 4.58. The van der Waals surface area contributed by atoms with Crippen LogP contribution in [0.4, 0.5) is 0 Å². The van der Waals surface area contributed by atoms with E-state index in [2.05, 4.69) is 22.0 Å². The molecule has 29 heavy (non-hydrogen) atoms. The third kappa shape index (κ3) is 3.26. The third-order valence-corrected chi connectivity index (χ3v) is 7.44. The van der Waals surface area contributed by atoms with Crippen molar-refractivity contribution in [1.82, 2.24) is 20.9 Å². The second-order valence-corrected chi connectivity index (χ2v) is 9.05. The molecule has 154 valence electrons. The predicted molar refractivity (Wildman–Crippen MR) is 107 cm³/mol. The number of fused-ring (bicyclic) bond motifs is 2. The number of hydrogen-bond acceptors (Lipinski definition) is 5. The maximum Gasteiger partial charge on any atom is 0.255 e. The highest BCUT2D eigenvalue weighted by atomic mass is 16.2. The lowest BCUT2D eigenvalue weighted by Gasteiger charge is -2.44. The Morgan fingerprint density at radius 1 is 1.21 bits per heavy atom. The van der Waals surface area contributed by atoms with Crippen LogP contribution in [0, 0.1) is 11.3 Å². The van der Waals surface area contributed by atoms with E-state index >= 15 is 0 Å². The lowest BCUT2D eigenvalue weighted by Crippen LogP contribution is -2.52. The van der Waals surface area contributed by atoms with Gasteiger partial charge in [0.2, 0.25) is 11.8 Å². The molecule has 3 atom stereocenters. The van der Waals surface area contributed by atoms with Gasteiger partial charge in [-0.05, 0) is 67.3 Å². The van der Waals surface area contributed by atoms with Crippen molar-refractivity contribution in [2.75, 3.05) is 19.6 Å². The van der Waals surface area contributed by atoms with E-state index in [1.165, 1.54) is 25.8 Å². The van der Waals surface area contributed by atoms with E-state index in [0.29, 0.717) is 23.9 Å². The zero-order chi connectivity index (χ0) is 20.0. The highest BCUT2D eigenvalue weighted by Crippen LogP contribution is 2.51. The standard InChI is InChI=1S/C22H28N4O3/c27-19-4-3-18(20(28)25-19)26-12-15-9-14(1-2-17(15)21(26)29)10-23-8-7-22-6-5-16(22)11-24-13-22/h1-2,9,16,18,23-24H,3-8,10-13H2,(H,25,27,28). The fourth-order valence-electron chi connectivity index (χ4n) is 5.53. The first-order valence-corrected chi connectivity index (χ1v) is 10.7. The first-order valence-electron chi connectivity index (χ1n) is 10.7. The van der Waals surface area contributed by atoms with Gasteiger partial charge in [0.25, 0.3) is 5.91 Å². The average molecular weight is 396 g/mol. The van der Waals surface area contributed by atoms with Crippen LogP contribution in [0.15, 0.2) is 18.2 Å². The normalized spacial score (nSPS) is 30.8. The van der Waals surface area contributed by atoms with Crippen molar-refractivity contribution in [2.45, 2.75) is 51.2 Å². The zero-order valence-corrected chi connectivity index (χ0v) is 16.6. The third-order valence-electron chi connectivity index (χ3n) is 7.44. The molecular weight excluding hydrogens is 368 g/mol. The molecule has 2 saturated heterocycles. The number of carbonyl (C=O) groups is 3. The van der Waals surface area contributed by atoms with E-state index in [1.807, 2.05) is 12.1 Å². The van der Waals surface area contributed by atoms with Crippen molar-refractivity contribution in [3.05, 3.63) is 34.9 Å². The summed E-state index contributed by atoms with van der Waals surface area (Å²) in [5, 5.41) is 9.46. The number of nitrogens with one attached hydrogen (secondary N) is 3. The number of hydrogen-bond donors (Lipinski definition) is 3. The van der Waals surface area contributed by atoms with E-state index in [-0.39, 0.29) is 24.1 Å². The Balaban J connectivity index is 1.18. The summed E-state index contributed by atoms with van der Waals surface area (Å²) in [6.07, 6.45) is 4.62. The van der Waals surface area contributed by atoms with Crippen LogP contribution in [-0.2, 0) is 22.7 Å². The molecule has 3 N–H and O–H groups in total. The molecule has 7 heteroatoms. The number of benzene rings is 1. The number of amides is 3. The summed E-state index contributed by atoms with van der Waals surface area (Å²) in [5.74, 6) is 0.135. The SMILES string of the molecule is O=C1CCC(N2Cc3cc(CNCCC45CCC4CNC5)ccc3C2=O)C(=O)N1. The van der Waals surface area contributed by atoms with Gasteiger partial charge in [-0.3, -0.25) is 19.7 Å². The van der Waals surface area contributed by atoms with E-state index in [1.54, 1.807) is 4.90 Å². The molecule has 1 saturated carbocycles. The quantitative estimate of drug-likeness (QED) is 0.492. The largest absolute Gasteiger partial charge is 0.322 e. The second kappa shape index (κ2) is 7.22. The van der Waals surface area contributed by atoms with Crippen LogP contribution < -0.4 is 16.0 Å². The monoisotopic (exact) mass is 396 g/mol. The van der Waals surface area contributed by atoms with Gasteiger partial charge >= 0.3 is 0 Å². The van der Waals surface area contributed by atoms with Crippen LogP contribution in [0.5, 0.6) is 0 Å². The highest BCUT2D eigenvalue weighted by molar-refractivity contribution is 6.05. The van der Waals surface area contributed by atoms with Crippen LogP contribution in [0.3, 0.4) is 0 Å². The molecule has 0 bridgehead atoms. The Bertz CT molecular complexity index is 870. The molecule has 4 aliphatic rings. The van der Waals surface area contributed by atoms with Crippen LogP contribution in [0.25, 0.3) is 0 Å². The molecule has 1 aromatic carbocycles. The molecule has 3 fully saturated rings. The van der Waals surface area contributed by atoms with E-state index in [0.717, 1.165) is 36.7 Å². The number of piperidine rings is 1. The van der Waals surface area contributed by atoms with Crippen LogP contribution in [0.1, 0.15) is 53.6 Å². The van der Waals surface area contributed by atoms with E-state index < -0.39 is 6.04 Å². The van der Waals surface area contributed by atoms with Crippen molar-refractivity contribution < 1.29 is 14.4 Å². The van der Waals surface area contributed by atoms with Gasteiger partial charge in [-0.2, -0.15) is 0 Å². The second-order valence-electron chi connectivity index (χ2n) is 9.05. The Morgan fingerprint density at radius 3 is 2.86 bits per heavy atom. The predicted octanol–water partition coefficient (Wildman–Crippen LogP) is 0.927. The minimum atomic E-state index is -0.552. The topological polar surface area (TPSA) is 90.5 Å². The highest BCUT2D eigenvalue weighted by Gasteiger charge is 2.48. The Kier molecular flexibility index (Phi) is 4.67. The molecular formula is C22H28N4O3. The zero-order valence-electron chi connectivity index (χ0n) is 16.6. The number of nitrogens with zero attached hydrogens (tertiary/aromatic N) is 1. The lowest BCUT2D eigenvalue weighted by molar-refractivity contribution is -0.136. The van der Waals surface area contributed by atoms with Crippen LogP contribution in [0.2, 0.25) is 0 Å². The Morgan fingerprint density at radius 2 is 2.10 bits per heavy atom. The van der Waals surface area contributed by atoms with Crippen molar-refractivity contribution >= 4 is 17.7 Å². The molecule has 3 aliphatic heterocycles. The number of carbonyl (C=O) groups excluding carboxylic acids is 3. The maximum atomic E-state index is 12.8. The van der Waals surface area contributed by atoms with Crippen LogP contribution >= 0.6 is 0 Å². The molecule has 0 spiro atoms. The summed E-state index contributed by atoms with van der Waals surface area (Å²) in [4.78, 5) is 37.9. The smallest absolute Gasteiger partial charge is 0.255 e. The molecule has 7 nitrogen and oxygen atoms in total. The molecule has 1 aromatic rings. The van der Waals surface area contributed by atoms with Crippen molar-refractivity contribution in [1.29, 1.82) is 0 Å². The molecule has 3 heterocycles. The molecule has 0 radical (unpaired) electrons. The van der Waals surface area contributed by atoms with E-state index in [9.17, 15) is 14.4 Å². The fourth-order valence-corrected chi connectivity index (χ4v) is 5.53. The molecule has 0 aromatic heterocycles. The molecule has 3 unspecified atom stereocenters. The number of imide groups is 1. The number of rotatable bonds is 6. The minimum absolute atomic E-state index is 0.113. The minimum Gasteiger partial charge on any atom is -0.322 e. The summed E-state index contributed by atoms with van der Waals surface area (Å²) >= 11 is 0. The Hall–Kier alpha value is -2.25. The van der Waals surface area contributed by atoms with Gasteiger partial charge in [0.1, 0.15) is 6.04 Å². The van der Waals surface area contributed by atoms with Crippen molar-refractivity contribution in [3.8, 4) is 0 Å². The van der Waals surface area contributed by atoms with Gasteiger partial charge in [0.15, 0.2) is 0 Å². The first-order chi connectivity index (χ1) is 14.1. The maximum absolute atomic E-state index is 12.8. The van der Waals surface area contributed by atoms with Crippen molar-refractivity contribution in [2.24, 2.45) is 11.3 Å². The van der Waals surface area contributed by atoms with Gasteiger partial charge < -0.3 is 15.5 Å². The van der Waals surface area contributed by atoms with Crippen LogP contribution in [-0.4, -0.2) is 48.3 Å². The van der Waals surface area contributed by atoms with Gasteiger partial charge in [-0.15, -0.1) is 0 Å². The van der Waals surface area contributed by atoms with Gasteiger partial charge in [0.05, 0.1) is 0 Å². The molecule has 5 rings (SSSR count). The van der Waals surface area contributed by atoms with E-state index in [4.69, 9.17) is 0 Å². The first kappa shape index (κ1) is 18.8. The summed E-state index contributed by atoms with van der Waals surface area (Å²) < 4.78 is 0. The lowest BCUT2D eigenvalue weighted by atomic mass is 9.60. The van der Waals surface area contributed by atoms with Gasteiger partial charge in [-0.25, -0.2) is 0 Å². The summed E-state index contributed by atoms with van der Waals surface area (Å²) in [5.41, 5.74) is 3.33. The van der Waals surface area contributed by atoms with Crippen molar-refractivity contribution in [3.63, 3.8) is 0 Å². The average Bonchev–Trinajstić information content (AvgIpc) is 3.16. The summed E-state index contributed by atoms with van der Waals surface area (Å²) in [7, 11) is 0. The molecule has 3 amide bonds. The summed E-state index contributed by atoms with van der Waals surface area (Å²) in [6, 6.07) is 5.40. The Labute approximate surface area is 170 Å². The van der Waals surface area contributed by atoms with Gasteiger partial charge in [-0.1, -0.05) is 12.1 Å². The van der Waals surface area contributed by atoms with Gasteiger partial charge in [0, 0.05) is 31.6 Å².